The lowest BCUT2D eigenvalue weighted by atomic mass is 10.1. The van der Waals surface area contributed by atoms with Crippen LogP contribution in [0.5, 0.6) is 0 Å². The molecule has 25 heavy (non-hydrogen) atoms. The maximum absolute atomic E-state index is 12.0. The number of carboxylic acid groups (broad SMARTS) is 1. The number of hydrogen-bond acceptors (Lipinski definition) is 4. The first-order chi connectivity index (χ1) is 12.0. The first-order valence-electron chi connectivity index (χ1n) is 7.68. The quantitative estimate of drug-likeness (QED) is 0.251. The predicted octanol–water partition coefficient (Wildman–Crippen LogP) is 1.07. The molecule has 0 aliphatic carbocycles. The Morgan fingerprint density at radius 2 is 2.12 bits per heavy atom. The van der Waals surface area contributed by atoms with Gasteiger partial charge in [-0.2, -0.15) is 0 Å². The molecule has 0 radical (unpaired) electrons. The lowest BCUT2D eigenvalue weighted by Crippen LogP contribution is -2.43. The molecule has 0 saturated heterocycles. The van der Waals surface area contributed by atoms with Crippen LogP contribution in [0.4, 0.5) is 10.5 Å². The second-order valence-electron chi connectivity index (χ2n) is 5.38. The molecule has 9 nitrogen and oxygen atoms in total. The van der Waals surface area contributed by atoms with Crippen molar-refractivity contribution >= 4 is 34.6 Å². The number of pyridine rings is 1. The molecule has 0 aliphatic heterocycles. The Morgan fingerprint density at radius 3 is 2.84 bits per heavy atom. The summed E-state index contributed by atoms with van der Waals surface area (Å²) in [6, 6.07) is 7.25. The summed E-state index contributed by atoms with van der Waals surface area (Å²) in [5, 5.41) is 24.7. The molecule has 1 aromatic carbocycles. The molecule has 0 fully saturated rings. The van der Waals surface area contributed by atoms with E-state index in [1.54, 1.807) is 30.5 Å². The molecule has 0 spiro atoms. The summed E-state index contributed by atoms with van der Waals surface area (Å²) in [5.74, 6) is -1.30. The number of fused-ring (bicyclic) bond motifs is 1. The summed E-state index contributed by atoms with van der Waals surface area (Å²) < 4.78 is 0. The van der Waals surface area contributed by atoms with Crippen LogP contribution in [0.2, 0.25) is 0 Å². The number of guanidine groups is 1. The van der Waals surface area contributed by atoms with Gasteiger partial charge in [-0.25, -0.2) is 9.59 Å². The van der Waals surface area contributed by atoms with Crippen molar-refractivity contribution in [3.63, 3.8) is 0 Å². The fraction of sp³-hybridized carbons (Fsp3) is 0.250. The first-order valence-corrected chi connectivity index (χ1v) is 7.68. The van der Waals surface area contributed by atoms with Gasteiger partial charge < -0.3 is 26.8 Å². The fourth-order valence-corrected chi connectivity index (χ4v) is 2.27. The molecule has 1 aromatic heterocycles. The highest BCUT2D eigenvalue weighted by Gasteiger charge is 2.19. The average molecular weight is 344 g/mol. The van der Waals surface area contributed by atoms with Crippen molar-refractivity contribution in [3.8, 4) is 0 Å². The number of carboxylic acids is 1. The Labute approximate surface area is 144 Å². The maximum Gasteiger partial charge on any atom is 0.326 e. The van der Waals surface area contributed by atoms with Crippen molar-refractivity contribution in [1.29, 1.82) is 5.41 Å². The van der Waals surface area contributed by atoms with E-state index >= 15 is 0 Å². The molecule has 2 rings (SSSR count). The van der Waals surface area contributed by atoms with Gasteiger partial charge in [0.05, 0.1) is 5.52 Å². The minimum Gasteiger partial charge on any atom is -0.480 e. The van der Waals surface area contributed by atoms with Gasteiger partial charge in [0, 0.05) is 23.8 Å². The number of carbonyl (C=O) groups is 2. The molecule has 0 bridgehead atoms. The normalized spacial score (nSPS) is 11.5. The molecule has 2 aromatic rings. The van der Waals surface area contributed by atoms with Crippen LogP contribution >= 0.6 is 0 Å². The molecule has 1 heterocycles. The van der Waals surface area contributed by atoms with Gasteiger partial charge in [-0.3, -0.25) is 10.4 Å². The molecular weight excluding hydrogens is 324 g/mol. The second kappa shape index (κ2) is 8.48. The summed E-state index contributed by atoms with van der Waals surface area (Å²) in [6.07, 6.45) is 2.34. The topological polar surface area (TPSA) is 153 Å². The molecule has 1 atom stereocenters. The number of nitrogens with two attached hydrogens (primary N) is 1. The van der Waals surface area contributed by atoms with Crippen LogP contribution < -0.4 is 21.7 Å². The highest BCUT2D eigenvalue weighted by atomic mass is 16.4. The van der Waals surface area contributed by atoms with Crippen molar-refractivity contribution in [3.05, 3.63) is 36.5 Å². The van der Waals surface area contributed by atoms with Gasteiger partial charge in [-0.15, -0.1) is 0 Å². The highest BCUT2D eigenvalue weighted by Crippen LogP contribution is 2.16. The maximum atomic E-state index is 12.0. The third kappa shape index (κ3) is 5.65. The highest BCUT2D eigenvalue weighted by molar-refractivity contribution is 5.94. The zero-order valence-corrected chi connectivity index (χ0v) is 13.5. The van der Waals surface area contributed by atoms with Crippen LogP contribution in [-0.2, 0) is 4.79 Å². The average Bonchev–Trinajstić information content (AvgIpc) is 2.57. The number of carbonyl (C=O) groups excluding carboxylic acids is 1. The molecule has 0 unspecified atom stereocenters. The summed E-state index contributed by atoms with van der Waals surface area (Å²) in [5.41, 5.74) is 6.49. The summed E-state index contributed by atoms with van der Waals surface area (Å²) in [7, 11) is 0. The van der Waals surface area contributed by atoms with Crippen molar-refractivity contribution < 1.29 is 14.7 Å². The Balaban J connectivity index is 1.91. The molecule has 7 N–H and O–H groups in total. The van der Waals surface area contributed by atoms with Crippen LogP contribution in [0.15, 0.2) is 36.5 Å². The third-order valence-corrected chi connectivity index (χ3v) is 3.45. The minimum atomic E-state index is -1.12. The molecule has 0 saturated carbocycles. The van der Waals surface area contributed by atoms with Gasteiger partial charge in [-0.05, 0) is 37.1 Å². The van der Waals surface area contributed by atoms with Gasteiger partial charge >= 0.3 is 12.0 Å². The lowest BCUT2D eigenvalue weighted by molar-refractivity contribution is -0.139. The SMILES string of the molecule is N=C(N)NCCC[C@H](NC(=O)Nc1ccc2ncccc2c1)C(=O)O. The number of rotatable bonds is 7. The van der Waals surface area contributed by atoms with Crippen molar-refractivity contribution in [1.82, 2.24) is 15.6 Å². The zero-order valence-electron chi connectivity index (χ0n) is 13.5. The van der Waals surface area contributed by atoms with E-state index in [0.717, 1.165) is 10.9 Å². The number of urea groups is 1. The number of anilines is 1. The van der Waals surface area contributed by atoms with Crippen molar-refractivity contribution in [2.24, 2.45) is 5.73 Å². The summed E-state index contributed by atoms with van der Waals surface area (Å²) >= 11 is 0. The lowest BCUT2D eigenvalue weighted by Gasteiger charge is -2.15. The van der Waals surface area contributed by atoms with Crippen molar-refractivity contribution in [2.75, 3.05) is 11.9 Å². The van der Waals surface area contributed by atoms with E-state index in [-0.39, 0.29) is 12.4 Å². The van der Waals surface area contributed by atoms with Gasteiger partial charge in [0.25, 0.3) is 0 Å². The standard InChI is InChI=1S/C16H20N6O3/c17-15(18)20-8-2-4-13(14(23)24)22-16(25)21-11-5-6-12-10(9-11)3-1-7-19-12/h1,3,5-7,9,13H,2,4,8H2,(H,23,24)(H4,17,18,20)(H2,21,22,25)/t13-/m0/s1. The van der Waals surface area contributed by atoms with E-state index in [2.05, 4.69) is 20.9 Å². The van der Waals surface area contributed by atoms with Gasteiger partial charge in [-0.1, -0.05) is 6.07 Å². The summed E-state index contributed by atoms with van der Waals surface area (Å²) in [4.78, 5) is 27.5. The van der Waals surface area contributed by atoms with E-state index < -0.39 is 18.0 Å². The van der Waals surface area contributed by atoms with Crippen LogP contribution in [0, 0.1) is 5.41 Å². The largest absolute Gasteiger partial charge is 0.480 e. The monoisotopic (exact) mass is 344 g/mol. The van der Waals surface area contributed by atoms with Gasteiger partial charge in [0.1, 0.15) is 6.04 Å². The zero-order chi connectivity index (χ0) is 18.2. The Bertz CT molecular complexity index is 779. The number of benzene rings is 1. The smallest absolute Gasteiger partial charge is 0.326 e. The van der Waals surface area contributed by atoms with Gasteiger partial charge in [0.2, 0.25) is 0 Å². The van der Waals surface area contributed by atoms with Crippen LogP contribution in [0.25, 0.3) is 10.9 Å². The van der Waals surface area contributed by atoms with Crippen LogP contribution in [0.3, 0.4) is 0 Å². The van der Waals surface area contributed by atoms with Crippen LogP contribution in [0.1, 0.15) is 12.8 Å². The van der Waals surface area contributed by atoms with Gasteiger partial charge in [0.15, 0.2) is 5.96 Å². The van der Waals surface area contributed by atoms with E-state index in [1.165, 1.54) is 0 Å². The van der Waals surface area contributed by atoms with Crippen molar-refractivity contribution in [2.45, 2.75) is 18.9 Å². The fourth-order valence-electron chi connectivity index (χ4n) is 2.27. The number of aromatic nitrogens is 1. The number of hydrogen-bond donors (Lipinski definition) is 6. The number of amides is 2. The Kier molecular flexibility index (Phi) is 6.10. The molecule has 0 aliphatic rings. The second-order valence-corrected chi connectivity index (χ2v) is 5.38. The van der Waals surface area contributed by atoms with E-state index in [9.17, 15) is 14.7 Å². The molecular formula is C16H20N6O3. The Hall–Kier alpha value is -3.36. The Morgan fingerprint density at radius 1 is 1.32 bits per heavy atom. The predicted molar refractivity (Wildman–Crippen MR) is 94.5 cm³/mol. The van der Waals surface area contributed by atoms with E-state index in [1.807, 2.05) is 6.07 Å². The third-order valence-electron chi connectivity index (χ3n) is 3.45. The number of aliphatic carboxylic acids is 1. The minimum absolute atomic E-state index is 0.177. The molecule has 132 valence electrons. The summed E-state index contributed by atoms with van der Waals surface area (Å²) in [6.45, 7) is 0.361. The van der Waals surface area contributed by atoms with E-state index in [0.29, 0.717) is 18.7 Å². The number of nitrogens with one attached hydrogen (secondary N) is 4. The first kappa shape index (κ1) is 18.0. The molecule has 9 heteroatoms. The number of nitrogens with zero attached hydrogens (tertiary/aromatic N) is 1. The van der Waals surface area contributed by atoms with E-state index in [4.69, 9.17) is 11.1 Å². The van der Waals surface area contributed by atoms with Crippen LogP contribution in [-0.4, -0.2) is 40.6 Å². The molecule has 2 amide bonds.